The zero-order valence-electron chi connectivity index (χ0n) is 10.7. The van der Waals surface area contributed by atoms with Crippen LogP contribution in [0.4, 0.5) is 5.69 Å². The number of anilines is 1. The van der Waals surface area contributed by atoms with E-state index in [0.717, 1.165) is 18.2 Å². The van der Waals surface area contributed by atoms with Crippen molar-refractivity contribution in [3.8, 4) is 0 Å². The third kappa shape index (κ3) is 5.94. The summed E-state index contributed by atoms with van der Waals surface area (Å²) in [6.07, 6.45) is 7.89. The van der Waals surface area contributed by atoms with Crippen molar-refractivity contribution in [2.45, 2.75) is 44.6 Å². The van der Waals surface area contributed by atoms with Gasteiger partial charge in [-0.2, -0.15) is 0 Å². The summed E-state index contributed by atoms with van der Waals surface area (Å²) in [5.41, 5.74) is 7.93. The highest BCUT2D eigenvalue weighted by Gasteiger charge is 2.10. The monoisotopic (exact) mass is 290 g/mol. The van der Waals surface area contributed by atoms with Gasteiger partial charge < -0.3 is 11.1 Å². The molecule has 4 heteroatoms. The molecule has 1 unspecified atom stereocenters. The Morgan fingerprint density at radius 3 is 2.50 bits per heavy atom. The summed E-state index contributed by atoms with van der Waals surface area (Å²) in [5.74, 6) is 0. The van der Waals surface area contributed by atoms with E-state index in [2.05, 4.69) is 17.4 Å². The standard InChI is InChI=1S/C14H22N2.2ClH/c15-13-8-5-12(6-9-13)7-10-14-4-2-1-3-11-16-14;;/h5-6,8-9,14,16H,1-4,7,10-11,15H2;2*1H. The first-order valence-corrected chi connectivity index (χ1v) is 6.42. The summed E-state index contributed by atoms with van der Waals surface area (Å²) in [5, 5.41) is 3.64. The van der Waals surface area contributed by atoms with Crippen molar-refractivity contribution < 1.29 is 0 Å². The molecule has 3 N–H and O–H groups in total. The van der Waals surface area contributed by atoms with Crippen LogP contribution in [0.2, 0.25) is 0 Å². The number of aryl methyl sites for hydroxylation is 1. The Hall–Kier alpha value is -0.440. The summed E-state index contributed by atoms with van der Waals surface area (Å²) < 4.78 is 0. The molecule has 1 aliphatic rings. The fourth-order valence-corrected chi connectivity index (χ4v) is 2.37. The lowest BCUT2D eigenvalue weighted by Crippen LogP contribution is -2.28. The van der Waals surface area contributed by atoms with Gasteiger partial charge in [-0.05, 0) is 49.9 Å². The molecule has 0 radical (unpaired) electrons. The highest BCUT2D eigenvalue weighted by molar-refractivity contribution is 5.85. The second kappa shape index (κ2) is 9.48. The molecule has 0 amide bonds. The number of benzene rings is 1. The van der Waals surface area contributed by atoms with Crippen LogP contribution in [0, 0.1) is 0 Å². The zero-order valence-corrected chi connectivity index (χ0v) is 12.4. The van der Waals surface area contributed by atoms with E-state index in [1.54, 1.807) is 0 Å². The van der Waals surface area contributed by atoms with Gasteiger partial charge in [0.05, 0.1) is 0 Å². The minimum absolute atomic E-state index is 0. The Morgan fingerprint density at radius 1 is 1.06 bits per heavy atom. The summed E-state index contributed by atoms with van der Waals surface area (Å²) in [6, 6.07) is 9.00. The van der Waals surface area contributed by atoms with Gasteiger partial charge in [0.15, 0.2) is 0 Å². The Morgan fingerprint density at radius 2 is 1.78 bits per heavy atom. The number of hydrogen-bond donors (Lipinski definition) is 2. The van der Waals surface area contributed by atoms with Crippen LogP contribution in [0.15, 0.2) is 24.3 Å². The molecule has 0 aliphatic carbocycles. The number of rotatable bonds is 3. The predicted octanol–water partition coefficient (Wildman–Crippen LogP) is 3.58. The highest BCUT2D eigenvalue weighted by atomic mass is 35.5. The SMILES string of the molecule is Cl.Cl.Nc1ccc(CCC2CCCCCN2)cc1. The topological polar surface area (TPSA) is 38.0 Å². The molecule has 0 aromatic heterocycles. The smallest absolute Gasteiger partial charge is 0.0314 e. The van der Waals surface area contributed by atoms with Gasteiger partial charge in [0.2, 0.25) is 0 Å². The molecule has 1 saturated heterocycles. The van der Waals surface area contributed by atoms with E-state index in [4.69, 9.17) is 5.73 Å². The molecular formula is C14H24Cl2N2. The number of nitrogens with one attached hydrogen (secondary N) is 1. The van der Waals surface area contributed by atoms with Crippen LogP contribution in [0.25, 0.3) is 0 Å². The van der Waals surface area contributed by atoms with Crippen molar-refractivity contribution in [2.24, 2.45) is 0 Å². The maximum atomic E-state index is 5.67. The molecule has 0 bridgehead atoms. The van der Waals surface area contributed by atoms with Crippen LogP contribution in [0.1, 0.15) is 37.7 Å². The van der Waals surface area contributed by atoms with Crippen molar-refractivity contribution >= 4 is 30.5 Å². The summed E-state index contributed by atoms with van der Waals surface area (Å²) >= 11 is 0. The summed E-state index contributed by atoms with van der Waals surface area (Å²) in [4.78, 5) is 0. The van der Waals surface area contributed by atoms with Crippen molar-refractivity contribution in [3.63, 3.8) is 0 Å². The first-order valence-electron chi connectivity index (χ1n) is 6.42. The van der Waals surface area contributed by atoms with Gasteiger partial charge in [-0.15, -0.1) is 24.8 Å². The average molecular weight is 291 g/mol. The maximum absolute atomic E-state index is 5.67. The van der Waals surface area contributed by atoms with Crippen LogP contribution < -0.4 is 11.1 Å². The second-order valence-electron chi connectivity index (χ2n) is 4.78. The van der Waals surface area contributed by atoms with Crippen LogP contribution in [-0.4, -0.2) is 12.6 Å². The van der Waals surface area contributed by atoms with E-state index in [0.29, 0.717) is 0 Å². The fourth-order valence-electron chi connectivity index (χ4n) is 2.37. The van der Waals surface area contributed by atoms with Gasteiger partial charge in [0, 0.05) is 11.7 Å². The van der Waals surface area contributed by atoms with Gasteiger partial charge in [-0.25, -0.2) is 0 Å². The molecule has 1 aromatic rings. The van der Waals surface area contributed by atoms with Crippen LogP contribution >= 0.6 is 24.8 Å². The van der Waals surface area contributed by atoms with E-state index in [1.807, 2.05) is 12.1 Å². The normalized spacial score (nSPS) is 19.2. The first kappa shape index (κ1) is 17.6. The zero-order chi connectivity index (χ0) is 11.2. The molecular weight excluding hydrogens is 267 g/mol. The molecule has 1 aromatic carbocycles. The van der Waals surface area contributed by atoms with Crippen LogP contribution in [0.5, 0.6) is 0 Å². The highest BCUT2D eigenvalue weighted by Crippen LogP contribution is 2.14. The molecule has 1 fully saturated rings. The molecule has 104 valence electrons. The van der Waals surface area contributed by atoms with Gasteiger partial charge >= 0.3 is 0 Å². The van der Waals surface area contributed by atoms with E-state index in [9.17, 15) is 0 Å². The summed E-state index contributed by atoms with van der Waals surface area (Å²) in [6.45, 7) is 1.20. The molecule has 0 saturated carbocycles. The van der Waals surface area contributed by atoms with Crippen LogP contribution in [0.3, 0.4) is 0 Å². The van der Waals surface area contributed by atoms with Crippen molar-refractivity contribution in [2.75, 3.05) is 12.3 Å². The van der Waals surface area contributed by atoms with E-state index in [-0.39, 0.29) is 24.8 Å². The van der Waals surface area contributed by atoms with Crippen LogP contribution in [-0.2, 0) is 6.42 Å². The Bertz CT molecular complexity index is 306. The Balaban J connectivity index is 0.00000144. The van der Waals surface area contributed by atoms with Gasteiger partial charge in [-0.1, -0.05) is 25.0 Å². The second-order valence-corrected chi connectivity index (χ2v) is 4.78. The Labute approximate surface area is 123 Å². The lowest BCUT2D eigenvalue weighted by molar-refractivity contribution is 0.478. The molecule has 1 atom stereocenters. The fraction of sp³-hybridized carbons (Fsp3) is 0.571. The quantitative estimate of drug-likeness (QED) is 0.835. The van der Waals surface area contributed by atoms with E-state index >= 15 is 0 Å². The number of halogens is 2. The minimum Gasteiger partial charge on any atom is -0.399 e. The maximum Gasteiger partial charge on any atom is 0.0314 e. The van der Waals surface area contributed by atoms with Gasteiger partial charge in [0.1, 0.15) is 0 Å². The molecule has 0 spiro atoms. The average Bonchev–Trinajstić information content (AvgIpc) is 2.57. The molecule has 2 nitrogen and oxygen atoms in total. The minimum atomic E-state index is 0. The molecule has 1 heterocycles. The third-order valence-electron chi connectivity index (χ3n) is 3.42. The molecule has 18 heavy (non-hydrogen) atoms. The lowest BCUT2D eigenvalue weighted by Gasteiger charge is -2.15. The number of nitrogen functional groups attached to an aromatic ring is 1. The number of hydrogen-bond acceptors (Lipinski definition) is 2. The van der Waals surface area contributed by atoms with Crippen molar-refractivity contribution in [1.82, 2.24) is 5.32 Å². The van der Waals surface area contributed by atoms with Gasteiger partial charge in [-0.3, -0.25) is 0 Å². The molecule has 2 rings (SSSR count). The van der Waals surface area contributed by atoms with Crippen molar-refractivity contribution in [3.05, 3.63) is 29.8 Å². The van der Waals surface area contributed by atoms with E-state index in [1.165, 1.54) is 44.2 Å². The number of nitrogens with two attached hydrogens (primary N) is 1. The first-order chi connectivity index (χ1) is 7.84. The summed E-state index contributed by atoms with van der Waals surface area (Å²) in [7, 11) is 0. The predicted molar refractivity (Wildman–Crippen MR) is 83.9 cm³/mol. The van der Waals surface area contributed by atoms with Crippen molar-refractivity contribution in [1.29, 1.82) is 0 Å². The lowest BCUT2D eigenvalue weighted by atomic mass is 10.0. The Kier molecular flexibility index (Phi) is 9.25. The largest absolute Gasteiger partial charge is 0.399 e. The van der Waals surface area contributed by atoms with Gasteiger partial charge in [0.25, 0.3) is 0 Å². The molecule has 1 aliphatic heterocycles. The third-order valence-corrected chi connectivity index (χ3v) is 3.42. The van der Waals surface area contributed by atoms with E-state index < -0.39 is 0 Å².